The average molecular weight is 277 g/mol. The lowest BCUT2D eigenvalue weighted by atomic mass is 10.2. The maximum absolute atomic E-state index is 5.42. The number of nitrogens with zero attached hydrogens (tertiary/aromatic N) is 2. The first-order chi connectivity index (χ1) is 9.92. The molecule has 0 saturated carbocycles. The first-order valence-electron chi connectivity index (χ1n) is 7.10. The Bertz CT molecular complexity index is 499. The molecular formula is C15H23N3O2. The second-order valence-corrected chi connectivity index (χ2v) is 4.69. The Hall–Kier alpha value is -1.43. The number of fused-ring (bicyclic) bond motifs is 1. The quantitative estimate of drug-likeness (QED) is 0.674. The van der Waals surface area contributed by atoms with Crippen molar-refractivity contribution in [3.05, 3.63) is 36.2 Å². The summed E-state index contributed by atoms with van der Waals surface area (Å²) in [7, 11) is 1.69. The van der Waals surface area contributed by atoms with E-state index in [1.807, 2.05) is 29.0 Å². The maximum Gasteiger partial charge on any atom is 0.0706 e. The Morgan fingerprint density at radius 2 is 2.15 bits per heavy atom. The van der Waals surface area contributed by atoms with Gasteiger partial charge in [-0.25, -0.2) is 4.52 Å². The monoisotopic (exact) mass is 277 g/mol. The molecule has 0 saturated heterocycles. The molecule has 0 spiro atoms. The molecule has 2 rings (SSSR count). The lowest BCUT2D eigenvalue weighted by Crippen LogP contribution is -2.15. The van der Waals surface area contributed by atoms with Gasteiger partial charge in [-0.3, -0.25) is 0 Å². The Kier molecular flexibility index (Phi) is 6.50. The Labute approximate surface area is 119 Å². The van der Waals surface area contributed by atoms with Crippen LogP contribution >= 0.6 is 0 Å². The summed E-state index contributed by atoms with van der Waals surface area (Å²) in [6.07, 6.45) is 6.09. The van der Waals surface area contributed by atoms with Gasteiger partial charge in [-0.05, 0) is 31.5 Å². The van der Waals surface area contributed by atoms with Crippen molar-refractivity contribution in [1.82, 2.24) is 14.9 Å². The maximum atomic E-state index is 5.42. The van der Waals surface area contributed by atoms with Crippen molar-refractivity contribution in [3.63, 3.8) is 0 Å². The van der Waals surface area contributed by atoms with Crippen molar-refractivity contribution in [2.24, 2.45) is 0 Å². The van der Waals surface area contributed by atoms with Crippen molar-refractivity contribution in [3.8, 4) is 0 Å². The number of ether oxygens (including phenoxy) is 2. The second-order valence-electron chi connectivity index (χ2n) is 4.69. The number of aromatic nitrogens is 2. The predicted octanol–water partition coefficient (Wildman–Crippen LogP) is 1.87. The lowest BCUT2D eigenvalue weighted by molar-refractivity contribution is 0.0688. The normalized spacial score (nSPS) is 11.2. The predicted molar refractivity (Wildman–Crippen MR) is 78.8 cm³/mol. The average Bonchev–Trinajstić information content (AvgIpc) is 2.89. The van der Waals surface area contributed by atoms with Gasteiger partial charge in [0.1, 0.15) is 0 Å². The minimum Gasteiger partial charge on any atom is -0.382 e. The van der Waals surface area contributed by atoms with E-state index < -0.39 is 0 Å². The summed E-state index contributed by atoms with van der Waals surface area (Å²) in [4.78, 5) is 0. The van der Waals surface area contributed by atoms with Crippen molar-refractivity contribution < 1.29 is 9.47 Å². The number of nitrogens with one attached hydrogen (secondary N) is 1. The molecule has 0 aliphatic rings. The molecule has 0 amide bonds. The van der Waals surface area contributed by atoms with E-state index >= 15 is 0 Å². The van der Waals surface area contributed by atoms with Crippen molar-refractivity contribution in [1.29, 1.82) is 0 Å². The summed E-state index contributed by atoms with van der Waals surface area (Å²) in [5.41, 5.74) is 2.41. The zero-order valence-corrected chi connectivity index (χ0v) is 12.0. The van der Waals surface area contributed by atoms with Crippen LogP contribution in [0.15, 0.2) is 30.6 Å². The molecule has 0 aliphatic carbocycles. The Morgan fingerprint density at radius 3 is 3.05 bits per heavy atom. The van der Waals surface area contributed by atoms with Gasteiger partial charge in [0.25, 0.3) is 0 Å². The lowest BCUT2D eigenvalue weighted by Gasteiger charge is -2.05. The third-order valence-corrected chi connectivity index (χ3v) is 3.15. The molecule has 2 aromatic rings. The summed E-state index contributed by atoms with van der Waals surface area (Å²) in [6, 6.07) is 6.12. The van der Waals surface area contributed by atoms with Gasteiger partial charge in [0.05, 0.1) is 24.9 Å². The summed E-state index contributed by atoms with van der Waals surface area (Å²) in [5.74, 6) is 0. The van der Waals surface area contributed by atoms with Crippen LogP contribution in [0.1, 0.15) is 18.4 Å². The molecule has 20 heavy (non-hydrogen) atoms. The molecule has 5 nitrogen and oxygen atoms in total. The summed E-state index contributed by atoms with van der Waals surface area (Å²) >= 11 is 0. The molecular weight excluding hydrogens is 254 g/mol. The topological polar surface area (TPSA) is 47.8 Å². The molecule has 110 valence electrons. The highest BCUT2D eigenvalue weighted by atomic mass is 16.5. The molecule has 0 fully saturated rings. The fourth-order valence-corrected chi connectivity index (χ4v) is 2.05. The highest BCUT2D eigenvalue weighted by Crippen LogP contribution is 2.09. The van der Waals surface area contributed by atoms with Crippen LogP contribution in [0, 0.1) is 0 Å². The molecule has 0 bridgehead atoms. The first kappa shape index (κ1) is 15.0. The van der Waals surface area contributed by atoms with Gasteiger partial charge in [-0.15, -0.1) is 0 Å². The highest BCUT2D eigenvalue weighted by Gasteiger charge is 2.01. The molecule has 0 aliphatic heterocycles. The van der Waals surface area contributed by atoms with Crippen LogP contribution in [-0.2, 0) is 16.0 Å². The number of methoxy groups -OCH3 is 1. The molecule has 1 N–H and O–H groups in total. The number of hydrogen-bond acceptors (Lipinski definition) is 4. The van der Waals surface area contributed by atoms with Crippen molar-refractivity contribution in [2.75, 3.05) is 33.5 Å². The van der Waals surface area contributed by atoms with E-state index in [-0.39, 0.29) is 0 Å². The van der Waals surface area contributed by atoms with Gasteiger partial charge < -0.3 is 14.8 Å². The van der Waals surface area contributed by atoms with Crippen LogP contribution in [0.5, 0.6) is 0 Å². The molecule has 5 heteroatoms. The number of rotatable bonds is 10. The molecule has 0 unspecified atom stereocenters. The van der Waals surface area contributed by atoms with Gasteiger partial charge in [0, 0.05) is 32.0 Å². The Balaban J connectivity index is 1.57. The van der Waals surface area contributed by atoms with Gasteiger partial charge in [-0.1, -0.05) is 6.07 Å². The highest BCUT2D eigenvalue weighted by molar-refractivity contribution is 5.53. The van der Waals surface area contributed by atoms with Crippen LogP contribution in [-0.4, -0.2) is 43.1 Å². The van der Waals surface area contributed by atoms with E-state index in [0.29, 0.717) is 13.2 Å². The van der Waals surface area contributed by atoms with E-state index in [1.54, 1.807) is 7.11 Å². The van der Waals surface area contributed by atoms with Crippen molar-refractivity contribution in [2.45, 2.75) is 19.4 Å². The molecule has 0 radical (unpaired) electrons. The standard InChI is InChI=1S/C15H23N3O2/c1-19-10-11-20-9-5-3-7-16-12-14-13-17-18-8-4-2-6-15(14)18/h2,4,6,8,13,16H,3,5,7,9-12H2,1H3. The van der Waals surface area contributed by atoms with Crippen LogP contribution in [0.2, 0.25) is 0 Å². The van der Waals surface area contributed by atoms with E-state index in [0.717, 1.165) is 32.5 Å². The smallest absolute Gasteiger partial charge is 0.0706 e. The minimum absolute atomic E-state index is 0.674. The van der Waals surface area contributed by atoms with E-state index in [4.69, 9.17) is 9.47 Å². The summed E-state index contributed by atoms with van der Waals surface area (Å²) in [6.45, 7) is 4.02. The van der Waals surface area contributed by atoms with Gasteiger partial charge in [0.15, 0.2) is 0 Å². The number of pyridine rings is 1. The summed E-state index contributed by atoms with van der Waals surface area (Å²) < 4.78 is 12.2. The summed E-state index contributed by atoms with van der Waals surface area (Å²) in [5, 5.41) is 7.77. The Morgan fingerprint density at radius 1 is 1.20 bits per heavy atom. The van der Waals surface area contributed by atoms with Crippen LogP contribution < -0.4 is 5.32 Å². The molecule has 0 aromatic carbocycles. The second kappa shape index (κ2) is 8.68. The minimum atomic E-state index is 0.674. The fourth-order valence-electron chi connectivity index (χ4n) is 2.05. The molecule has 2 aromatic heterocycles. The largest absolute Gasteiger partial charge is 0.382 e. The zero-order chi connectivity index (χ0) is 14.0. The van der Waals surface area contributed by atoms with E-state index in [1.165, 1.54) is 11.1 Å². The fraction of sp³-hybridized carbons (Fsp3) is 0.533. The number of hydrogen-bond donors (Lipinski definition) is 1. The van der Waals surface area contributed by atoms with Gasteiger partial charge in [-0.2, -0.15) is 5.10 Å². The van der Waals surface area contributed by atoms with Crippen LogP contribution in [0.25, 0.3) is 5.52 Å². The third-order valence-electron chi connectivity index (χ3n) is 3.15. The van der Waals surface area contributed by atoms with Gasteiger partial charge >= 0.3 is 0 Å². The zero-order valence-electron chi connectivity index (χ0n) is 12.0. The van der Waals surface area contributed by atoms with Crippen LogP contribution in [0.3, 0.4) is 0 Å². The first-order valence-corrected chi connectivity index (χ1v) is 7.10. The number of unbranched alkanes of at least 4 members (excludes halogenated alkanes) is 1. The van der Waals surface area contributed by atoms with E-state index in [9.17, 15) is 0 Å². The van der Waals surface area contributed by atoms with E-state index in [2.05, 4.69) is 16.5 Å². The SMILES string of the molecule is COCCOCCCCNCc1cnn2ccccc12. The third kappa shape index (κ3) is 4.59. The van der Waals surface area contributed by atoms with Crippen molar-refractivity contribution >= 4 is 5.52 Å². The van der Waals surface area contributed by atoms with Crippen LogP contribution in [0.4, 0.5) is 0 Å². The van der Waals surface area contributed by atoms with Gasteiger partial charge in [0.2, 0.25) is 0 Å². The molecule has 0 atom stereocenters. The molecule has 2 heterocycles.